The number of Topliss-reactive ketones (excluding diaryl/α,β-unsaturated/α-hetero) is 1. The molecule has 0 aliphatic carbocycles. The van der Waals surface area contributed by atoms with Crippen LogP contribution in [0.15, 0.2) is 36.4 Å². The van der Waals surface area contributed by atoms with Gasteiger partial charge in [-0.3, -0.25) is 9.59 Å². The molecule has 0 aliphatic rings. The molecule has 2 heterocycles. The first-order valence-electron chi connectivity index (χ1n) is 8.93. The van der Waals surface area contributed by atoms with Crippen molar-refractivity contribution >= 4 is 34.6 Å². The van der Waals surface area contributed by atoms with E-state index in [2.05, 4.69) is 10.3 Å². The summed E-state index contributed by atoms with van der Waals surface area (Å²) in [5.41, 5.74) is 3.46. The van der Waals surface area contributed by atoms with Gasteiger partial charge < -0.3 is 10.4 Å². The zero-order chi connectivity index (χ0) is 20.3. The number of thiophene rings is 1. The van der Waals surface area contributed by atoms with Crippen molar-refractivity contribution in [1.82, 2.24) is 9.97 Å². The summed E-state index contributed by atoms with van der Waals surface area (Å²) in [4.78, 5) is 33.2. The summed E-state index contributed by atoms with van der Waals surface area (Å²) in [6.07, 6.45) is 0.767. The van der Waals surface area contributed by atoms with Gasteiger partial charge in [0, 0.05) is 16.9 Å². The van der Waals surface area contributed by atoms with Gasteiger partial charge in [-0.25, -0.2) is 9.97 Å². The molecule has 0 spiro atoms. The smallest absolute Gasteiger partial charge is 0.307 e. The maximum absolute atomic E-state index is 11.6. The minimum absolute atomic E-state index is 0.00584. The fourth-order valence-corrected chi connectivity index (χ4v) is 3.73. The van der Waals surface area contributed by atoms with Crippen LogP contribution in [0.1, 0.15) is 40.3 Å². The molecule has 2 N–H and O–H groups in total. The molecule has 0 unspecified atom stereocenters. The number of aliphatic carboxylic acids is 1. The third kappa shape index (κ3) is 4.43. The van der Waals surface area contributed by atoms with Crippen molar-refractivity contribution in [2.75, 3.05) is 5.32 Å². The van der Waals surface area contributed by atoms with Crippen molar-refractivity contribution in [3.05, 3.63) is 58.1 Å². The second kappa shape index (κ2) is 8.31. The molecule has 28 heavy (non-hydrogen) atoms. The molecule has 6 nitrogen and oxygen atoms in total. The van der Waals surface area contributed by atoms with E-state index in [1.807, 2.05) is 32.0 Å². The number of carboxylic acids is 1. The summed E-state index contributed by atoms with van der Waals surface area (Å²) in [5.74, 6) is 0.467. The highest BCUT2D eigenvalue weighted by molar-refractivity contribution is 7.17. The topological polar surface area (TPSA) is 92.2 Å². The van der Waals surface area contributed by atoms with Crippen LogP contribution in [-0.2, 0) is 17.6 Å². The van der Waals surface area contributed by atoms with E-state index in [-0.39, 0.29) is 12.2 Å². The van der Waals surface area contributed by atoms with Gasteiger partial charge in [-0.2, -0.15) is 0 Å². The number of ketones is 1. The van der Waals surface area contributed by atoms with E-state index in [1.54, 1.807) is 25.1 Å². The lowest BCUT2D eigenvalue weighted by molar-refractivity contribution is -0.136. The Morgan fingerprint density at radius 2 is 1.82 bits per heavy atom. The third-order valence-electron chi connectivity index (χ3n) is 4.31. The molecule has 0 bridgehead atoms. The first-order chi connectivity index (χ1) is 13.4. The Balaban J connectivity index is 1.93. The van der Waals surface area contributed by atoms with Crippen molar-refractivity contribution in [3.8, 4) is 10.7 Å². The van der Waals surface area contributed by atoms with E-state index in [9.17, 15) is 9.59 Å². The van der Waals surface area contributed by atoms with Crippen LogP contribution in [0.25, 0.3) is 10.7 Å². The number of rotatable bonds is 7. The summed E-state index contributed by atoms with van der Waals surface area (Å²) in [6.45, 7) is 5.54. The Morgan fingerprint density at radius 1 is 1.11 bits per heavy atom. The average molecular weight is 395 g/mol. The summed E-state index contributed by atoms with van der Waals surface area (Å²) in [5, 5.41) is 12.2. The van der Waals surface area contributed by atoms with Gasteiger partial charge in [0.25, 0.3) is 0 Å². The van der Waals surface area contributed by atoms with Gasteiger partial charge >= 0.3 is 5.97 Å². The molecule has 7 heteroatoms. The number of anilines is 2. The van der Waals surface area contributed by atoms with Gasteiger partial charge in [-0.15, -0.1) is 11.3 Å². The summed E-state index contributed by atoms with van der Waals surface area (Å²) in [7, 11) is 0. The van der Waals surface area contributed by atoms with E-state index in [0.29, 0.717) is 16.5 Å². The molecule has 0 amide bonds. The number of nitrogens with zero attached hydrogens (tertiary/aromatic N) is 2. The van der Waals surface area contributed by atoms with Crippen LogP contribution in [0.2, 0.25) is 0 Å². The number of hydrogen-bond acceptors (Lipinski definition) is 6. The highest BCUT2D eigenvalue weighted by Crippen LogP contribution is 2.30. The minimum atomic E-state index is -0.856. The molecule has 0 radical (unpaired) electrons. The number of carbonyl (C=O) groups is 2. The molecule has 0 saturated heterocycles. The Kier molecular flexibility index (Phi) is 5.84. The quantitative estimate of drug-likeness (QED) is 0.566. The predicted octanol–water partition coefficient (Wildman–Crippen LogP) is 4.65. The number of hydrogen-bond donors (Lipinski definition) is 2. The zero-order valence-corrected chi connectivity index (χ0v) is 16.8. The molecule has 2 aromatic heterocycles. The lowest BCUT2D eigenvalue weighted by Gasteiger charge is -2.14. The largest absolute Gasteiger partial charge is 0.481 e. The Morgan fingerprint density at radius 3 is 2.39 bits per heavy atom. The molecule has 0 saturated carbocycles. The fraction of sp³-hybridized carbons (Fsp3) is 0.238. The molecule has 0 atom stereocenters. The Bertz CT molecular complexity index is 1030. The van der Waals surface area contributed by atoms with Gasteiger partial charge in [0.1, 0.15) is 5.82 Å². The molecule has 3 rings (SSSR count). The number of aromatic nitrogens is 2. The molecule has 0 aliphatic heterocycles. The molecular weight excluding hydrogens is 374 g/mol. The molecule has 0 fully saturated rings. The molecule has 3 aromatic rings. The van der Waals surface area contributed by atoms with Crippen molar-refractivity contribution < 1.29 is 14.7 Å². The number of aryl methyl sites for hydroxylation is 1. The van der Waals surface area contributed by atoms with Crippen LogP contribution >= 0.6 is 11.3 Å². The number of carboxylic acid groups (broad SMARTS) is 1. The first kappa shape index (κ1) is 19.7. The van der Waals surface area contributed by atoms with Crippen molar-refractivity contribution in [2.45, 2.75) is 33.6 Å². The van der Waals surface area contributed by atoms with Crippen molar-refractivity contribution in [2.24, 2.45) is 0 Å². The van der Waals surface area contributed by atoms with Crippen LogP contribution in [0.3, 0.4) is 0 Å². The second-order valence-electron chi connectivity index (χ2n) is 6.43. The maximum Gasteiger partial charge on any atom is 0.307 e. The number of benzene rings is 1. The van der Waals surface area contributed by atoms with Gasteiger partial charge in [-0.1, -0.05) is 19.1 Å². The molecule has 144 valence electrons. The van der Waals surface area contributed by atoms with Crippen molar-refractivity contribution in [1.29, 1.82) is 0 Å². The first-order valence-corrected chi connectivity index (χ1v) is 9.75. The van der Waals surface area contributed by atoms with Gasteiger partial charge in [0.15, 0.2) is 11.6 Å². The normalized spacial score (nSPS) is 10.7. The van der Waals surface area contributed by atoms with E-state index >= 15 is 0 Å². The summed E-state index contributed by atoms with van der Waals surface area (Å²) < 4.78 is 0. The third-order valence-corrected chi connectivity index (χ3v) is 5.49. The van der Waals surface area contributed by atoms with E-state index in [0.717, 1.165) is 33.8 Å². The second-order valence-corrected chi connectivity index (χ2v) is 7.51. The standard InChI is InChI=1S/C21H21N3O3S/c1-4-16-12(2)22-21(18-10-9-17(28-18)13(3)25)24-20(16)23-15-7-5-14(6-8-15)11-19(26)27/h5-10H,4,11H2,1-3H3,(H,26,27)(H,22,23,24). The minimum Gasteiger partial charge on any atom is -0.481 e. The predicted molar refractivity (Wildman–Crippen MR) is 111 cm³/mol. The SMILES string of the molecule is CCc1c(C)nc(-c2ccc(C(C)=O)s2)nc1Nc1ccc(CC(=O)O)cc1. The van der Waals surface area contributed by atoms with E-state index in [1.165, 1.54) is 11.3 Å². The van der Waals surface area contributed by atoms with E-state index in [4.69, 9.17) is 10.1 Å². The van der Waals surface area contributed by atoms with Crippen molar-refractivity contribution in [3.63, 3.8) is 0 Å². The van der Waals surface area contributed by atoms with Crippen LogP contribution in [0, 0.1) is 6.92 Å². The molecule has 1 aromatic carbocycles. The Hall–Kier alpha value is -3.06. The Labute approximate surface area is 167 Å². The van der Waals surface area contributed by atoms with Crippen LogP contribution in [0.4, 0.5) is 11.5 Å². The monoisotopic (exact) mass is 395 g/mol. The van der Waals surface area contributed by atoms with Gasteiger partial charge in [-0.05, 0) is 50.1 Å². The summed E-state index contributed by atoms with van der Waals surface area (Å²) in [6, 6.07) is 10.9. The maximum atomic E-state index is 11.6. The number of carbonyl (C=O) groups excluding carboxylic acids is 1. The average Bonchev–Trinajstić information content (AvgIpc) is 3.13. The van der Waals surface area contributed by atoms with Gasteiger partial charge in [0.2, 0.25) is 0 Å². The lowest BCUT2D eigenvalue weighted by Crippen LogP contribution is -2.05. The number of nitrogens with one attached hydrogen (secondary N) is 1. The fourth-order valence-electron chi connectivity index (χ4n) is 2.90. The van der Waals surface area contributed by atoms with Crippen LogP contribution in [0.5, 0.6) is 0 Å². The zero-order valence-electron chi connectivity index (χ0n) is 15.9. The van der Waals surface area contributed by atoms with E-state index < -0.39 is 5.97 Å². The van der Waals surface area contributed by atoms with Crippen LogP contribution < -0.4 is 5.32 Å². The highest BCUT2D eigenvalue weighted by Gasteiger charge is 2.14. The highest BCUT2D eigenvalue weighted by atomic mass is 32.1. The van der Waals surface area contributed by atoms with Gasteiger partial charge in [0.05, 0.1) is 16.2 Å². The lowest BCUT2D eigenvalue weighted by atomic mass is 10.1. The molecular formula is C21H21N3O3S. The summed E-state index contributed by atoms with van der Waals surface area (Å²) >= 11 is 1.38. The van der Waals surface area contributed by atoms with Crippen LogP contribution in [-0.4, -0.2) is 26.8 Å².